The van der Waals surface area contributed by atoms with Crippen molar-refractivity contribution in [3.63, 3.8) is 0 Å². The first kappa shape index (κ1) is 108. The second-order valence-corrected chi connectivity index (χ2v) is 42.1. The largest absolute Gasteiger partial charge is 0.504 e. The van der Waals surface area contributed by atoms with Crippen LogP contribution in [0.25, 0.3) is 6.08 Å². The highest BCUT2D eigenvalue weighted by Crippen LogP contribution is 2.76. The molecule has 4 saturated carbocycles. The van der Waals surface area contributed by atoms with E-state index in [1.54, 1.807) is 0 Å². The van der Waals surface area contributed by atoms with Gasteiger partial charge in [-0.25, -0.2) is 4.79 Å². The molecule has 5 aliphatic carbocycles. The number of allylic oxidation sites excluding steroid dienone is 2. The summed E-state index contributed by atoms with van der Waals surface area (Å²) in [5, 5.41) is 268. The van der Waals surface area contributed by atoms with Gasteiger partial charge in [-0.05, 0) is 154 Å². The molecule has 13 fully saturated rings. The lowest BCUT2D eigenvalue weighted by Crippen LogP contribution is -2.67. The zero-order valence-electron chi connectivity index (χ0n) is 78.6. The van der Waals surface area contributed by atoms with Gasteiger partial charge in [0.25, 0.3) is 0 Å². The van der Waals surface area contributed by atoms with Crippen LogP contribution in [0.5, 0.6) is 11.5 Å². The lowest BCUT2D eigenvalue weighted by molar-refractivity contribution is -0.387. The number of carbonyl (C=O) groups excluding carboxylic acids is 2. The molecule has 138 heavy (non-hydrogen) atoms. The zero-order valence-corrected chi connectivity index (χ0v) is 78.6. The van der Waals surface area contributed by atoms with E-state index in [9.17, 15) is 127 Å². The summed E-state index contributed by atoms with van der Waals surface area (Å²) in [6.07, 6.45) is -66.2. The fourth-order valence-electron chi connectivity index (χ4n) is 24.2. The third-order valence-corrected chi connectivity index (χ3v) is 32.9. The number of hydrogen-bond donors (Lipinski definition) is 24. The van der Waals surface area contributed by atoms with Crippen LogP contribution in [0.3, 0.4) is 0 Å². The SMILES string of the molecule is COc1cc(/C=C/C(=O)O[C@H]2[C@H](O[C@@H]3[C@@H](O)[C@H](O[C@@H]4CO[C@@H](O[C@@H]5[C@@H](O)[C@H](C)O[C@@H](O[C@H]6[C@H](O[C@H]7CC[C@]8(C)[C@H]9CC=C%10[C@@H]%11CC(C)(C)CC[C@]%11(C(=O)O[C@@H]%11O[C@H](CO[C@@H]%12O[C@H](CO)[C@@H](O[C@@H]%13O[C@@H](C)[C@H](O)[C@@H](O)[C@H]%13O)[C@H](O)[C@H]%12O)[C@@H](O)[C@H](O)[C@H]%11O)CC[C@@]%10(C)[C@]9(C)CC[C@H]8C7(C)C)OC[C@H](O)[C@@H]6O)[C@@H]5O)[C@H](O)[C@@H]4O)O[C@H](CO)[C@H]3O)O[C@H](CO[C@@H]3O[C@@H](C)[C@H](O)[C@@H](O)[C@H]3O)[C@@H](O)[C@@H]2O)ccc1O. The predicted octanol–water partition coefficient (Wildman–Crippen LogP) is -6.57. The highest BCUT2D eigenvalue weighted by atomic mass is 16.8. The van der Waals surface area contributed by atoms with Gasteiger partial charge in [0.15, 0.2) is 67.9 Å². The first-order valence-electron chi connectivity index (χ1n) is 47.6. The maximum absolute atomic E-state index is 15.5. The topological polar surface area (TPSA) is 704 Å². The molecule has 46 nitrogen and oxygen atoms in total. The van der Waals surface area contributed by atoms with Crippen LogP contribution in [0.4, 0.5) is 0 Å². The van der Waals surface area contributed by atoms with Crippen LogP contribution >= 0.6 is 0 Å². The summed E-state index contributed by atoms with van der Waals surface area (Å²) in [6.45, 7) is 15.3. The lowest BCUT2D eigenvalue weighted by atomic mass is 9.33. The number of ether oxygens (including phenoxy) is 20. The standard InChI is InChI=1S/C92H142O46/c1-34-52(98)60(106)66(112)77(124-34)121-32-46-57(103)63(109)76(133-51(97)17-13-37-12-15-40(95)42(26-37)119-11)85(131-46)136-74-59(105)43(28-93)127-83(71(74)117)130-47-33-123-79(65(111)58(47)104)135-73-54(100)36(3)126-82(70(73)116)137-75-55(101)41(96)30-120-84(75)132-50-19-20-89(8)48(88(50,6)7)18-21-91(10)49(89)16-14-38-39-27-87(4,5)22-24-92(39,25-23-90(38,91)9)86(118)138-81-68(114)62(108)56(102)45(129-81)31-122-78-69(115)64(110)72(44(29-94)128-78)134-80-67(113)61(107)53(99)35(2)125-80/h12-15,17,26,34-36,39,41,43-50,52-85,93-96,98-117H,16,18-25,27-33H2,1-11H3/b17-13+/t34-,35-,36-,39-,41-,43+,44+,45+,46+,47+,48-,49+,50-,52-,53-,54-,55-,56+,57+,58+,59+,60+,61+,62-,63-,64+,65+,66+,67+,68+,69+,70+,71+,72+,73+,74-,75+,76+,77+,78+,79-,80-,81-,82-,83-,84-,85-,89-,90+,91+,92-/m0/s1. The maximum Gasteiger partial charge on any atom is 0.331 e. The summed E-state index contributed by atoms with van der Waals surface area (Å²) < 4.78 is 119. The Morgan fingerprint density at radius 1 is 0.435 bits per heavy atom. The number of rotatable bonds is 26. The Morgan fingerprint density at radius 3 is 1.60 bits per heavy atom. The molecule has 46 heteroatoms. The van der Waals surface area contributed by atoms with Gasteiger partial charge < -0.3 is 217 Å². The van der Waals surface area contributed by atoms with E-state index in [0.29, 0.717) is 56.9 Å². The lowest BCUT2D eigenvalue weighted by Gasteiger charge is -2.71. The van der Waals surface area contributed by atoms with Crippen LogP contribution in [0.15, 0.2) is 35.9 Å². The molecule has 1 aromatic rings. The Bertz CT molecular complexity index is 4300. The molecule has 786 valence electrons. The number of phenolic OH excluding ortho intramolecular Hbond substituents is 1. The van der Waals surface area contributed by atoms with Crippen LogP contribution in [0, 0.1) is 50.2 Å². The number of esters is 2. The van der Waals surface area contributed by atoms with E-state index in [-0.39, 0.29) is 45.5 Å². The minimum Gasteiger partial charge on any atom is -0.504 e. The molecular weight excluding hydrogens is 1840 g/mol. The van der Waals surface area contributed by atoms with Crippen molar-refractivity contribution < 1.29 is 227 Å². The molecule has 15 rings (SSSR count). The molecule has 9 saturated heterocycles. The van der Waals surface area contributed by atoms with Crippen molar-refractivity contribution in [2.24, 2.45) is 50.2 Å². The summed E-state index contributed by atoms with van der Waals surface area (Å²) in [6, 6.07) is 4.07. The molecule has 1 aromatic carbocycles. The van der Waals surface area contributed by atoms with Crippen LogP contribution in [0.2, 0.25) is 0 Å². The molecule has 9 aliphatic heterocycles. The number of carbonyl (C=O) groups is 2. The van der Waals surface area contributed by atoms with E-state index in [4.69, 9.17) is 94.7 Å². The molecule has 0 unspecified atom stereocenters. The minimum atomic E-state index is -2.20. The Hall–Kier alpha value is -4.36. The fourth-order valence-corrected chi connectivity index (χ4v) is 24.2. The molecule has 0 spiro atoms. The highest BCUT2D eigenvalue weighted by Gasteiger charge is 2.71. The van der Waals surface area contributed by atoms with Crippen molar-refractivity contribution in [1.82, 2.24) is 0 Å². The highest BCUT2D eigenvalue weighted by molar-refractivity contribution is 5.87. The number of aliphatic hydroxyl groups excluding tert-OH is 23. The summed E-state index contributed by atoms with van der Waals surface area (Å²) in [5.41, 5.74) is -1.68. The van der Waals surface area contributed by atoms with Crippen molar-refractivity contribution in [3.05, 3.63) is 41.5 Å². The molecule has 0 radical (unpaired) electrons. The van der Waals surface area contributed by atoms with Crippen molar-refractivity contribution in [2.45, 2.75) is 404 Å². The average Bonchev–Trinajstić information content (AvgIpc) is 0.672. The maximum atomic E-state index is 15.5. The normalized spacial score (nSPS) is 50.8. The van der Waals surface area contributed by atoms with E-state index in [2.05, 4.69) is 54.5 Å². The second kappa shape index (κ2) is 42.5. The molecule has 51 atom stereocenters. The number of aromatic hydroxyl groups is 1. The Balaban J connectivity index is 0.577. The molecule has 9 heterocycles. The first-order chi connectivity index (χ1) is 65.0. The molecule has 0 aromatic heterocycles. The molecular formula is C92H142O46. The van der Waals surface area contributed by atoms with Gasteiger partial charge in [-0.15, -0.1) is 0 Å². The average molecular weight is 1980 g/mol. The molecule has 0 amide bonds. The summed E-state index contributed by atoms with van der Waals surface area (Å²) in [7, 11) is 1.29. The first-order valence-corrected chi connectivity index (χ1v) is 47.6. The van der Waals surface area contributed by atoms with E-state index < -0.39 is 338 Å². The van der Waals surface area contributed by atoms with Crippen molar-refractivity contribution in [1.29, 1.82) is 0 Å². The van der Waals surface area contributed by atoms with Crippen molar-refractivity contribution in [3.8, 4) is 11.5 Å². The van der Waals surface area contributed by atoms with E-state index >= 15 is 4.79 Å². The second-order valence-electron chi connectivity index (χ2n) is 42.1. The van der Waals surface area contributed by atoms with Crippen molar-refractivity contribution >= 4 is 18.0 Å². The third-order valence-electron chi connectivity index (χ3n) is 32.9. The Morgan fingerprint density at radius 2 is 0.949 bits per heavy atom. The number of fused-ring (bicyclic) bond motifs is 7. The van der Waals surface area contributed by atoms with Gasteiger partial charge in [0.05, 0.1) is 76.6 Å². The smallest absolute Gasteiger partial charge is 0.331 e. The Labute approximate surface area is 795 Å². The number of benzene rings is 1. The van der Waals surface area contributed by atoms with Crippen LogP contribution in [-0.4, -0.2) is 451 Å². The zero-order chi connectivity index (χ0) is 100. The number of aliphatic hydroxyl groups is 23. The quantitative estimate of drug-likeness (QED) is 0.0177. The van der Waals surface area contributed by atoms with E-state index in [0.717, 1.165) is 24.5 Å². The van der Waals surface area contributed by atoms with Crippen LogP contribution < -0.4 is 4.74 Å². The summed E-state index contributed by atoms with van der Waals surface area (Å²) in [5.74, 6) is -2.28. The number of phenols is 1. The summed E-state index contributed by atoms with van der Waals surface area (Å²) >= 11 is 0. The molecule has 14 aliphatic rings. The van der Waals surface area contributed by atoms with Gasteiger partial charge in [-0.3, -0.25) is 4.79 Å². The van der Waals surface area contributed by atoms with Gasteiger partial charge in [0, 0.05) is 6.08 Å². The van der Waals surface area contributed by atoms with Gasteiger partial charge in [0.2, 0.25) is 6.29 Å². The van der Waals surface area contributed by atoms with Gasteiger partial charge in [-0.1, -0.05) is 66.2 Å². The number of hydrogen-bond acceptors (Lipinski definition) is 46. The van der Waals surface area contributed by atoms with E-state index in [1.807, 2.05) is 0 Å². The van der Waals surface area contributed by atoms with E-state index in [1.165, 1.54) is 52.2 Å². The van der Waals surface area contributed by atoms with Gasteiger partial charge in [-0.2, -0.15) is 0 Å². The Kier molecular flexibility index (Phi) is 33.2. The fraction of sp³-hybridized carbons (Fsp3) is 0.870. The monoisotopic (exact) mass is 1980 g/mol. The minimum absolute atomic E-state index is 0.00477. The third kappa shape index (κ3) is 20.3. The van der Waals surface area contributed by atoms with Crippen LogP contribution in [0.1, 0.15) is 139 Å². The summed E-state index contributed by atoms with van der Waals surface area (Å²) in [4.78, 5) is 29.1. The molecule has 24 N–H and O–H groups in total. The van der Waals surface area contributed by atoms with Gasteiger partial charge >= 0.3 is 11.9 Å². The van der Waals surface area contributed by atoms with Crippen molar-refractivity contribution in [2.75, 3.05) is 46.8 Å². The van der Waals surface area contributed by atoms with Crippen LogP contribution in [-0.2, 0) is 99.6 Å². The number of methoxy groups -OCH3 is 1. The molecule has 0 bridgehead atoms. The predicted molar refractivity (Wildman–Crippen MR) is 457 cm³/mol. The van der Waals surface area contributed by atoms with Gasteiger partial charge in [0.1, 0.15) is 183 Å².